The van der Waals surface area contributed by atoms with Crippen molar-refractivity contribution in [2.45, 2.75) is 19.9 Å². The van der Waals surface area contributed by atoms with E-state index in [0.717, 1.165) is 0 Å². The summed E-state index contributed by atoms with van der Waals surface area (Å²) in [6, 6.07) is 4.71. The number of halogens is 1. The van der Waals surface area contributed by atoms with Crippen LogP contribution in [0, 0.1) is 5.82 Å². The van der Waals surface area contributed by atoms with Crippen LogP contribution in [0.4, 0.5) is 10.1 Å². The molecular formula is C11H15FN2O. The van der Waals surface area contributed by atoms with E-state index >= 15 is 0 Å². The van der Waals surface area contributed by atoms with Crippen LogP contribution in [-0.4, -0.2) is 19.0 Å². The average molecular weight is 210 g/mol. The van der Waals surface area contributed by atoms with Crippen molar-refractivity contribution < 1.29 is 9.18 Å². The van der Waals surface area contributed by atoms with Crippen LogP contribution < -0.4 is 10.6 Å². The molecule has 0 fully saturated rings. The second kappa shape index (κ2) is 4.77. The van der Waals surface area contributed by atoms with Gasteiger partial charge in [0, 0.05) is 18.8 Å². The van der Waals surface area contributed by atoms with Gasteiger partial charge in [-0.05, 0) is 32.0 Å². The van der Waals surface area contributed by atoms with Crippen LogP contribution in [0.15, 0.2) is 18.2 Å². The van der Waals surface area contributed by atoms with E-state index in [9.17, 15) is 9.18 Å². The summed E-state index contributed by atoms with van der Waals surface area (Å²) < 4.78 is 13.4. The minimum absolute atomic E-state index is 0.0619. The zero-order chi connectivity index (χ0) is 11.4. The van der Waals surface area contributed by atoms with Gasteiger partial charge in [0.1, 0.15) is 5.82 Å². The van der Waals surface area contributed by atoms with E-state index in [1.54, 1.807) is 6.07 Å². The van der Waals surface area contributed by atoms with Crippen molar-refractivity contribution >= 4 is 11.6 Å². The van der Waals surface area contributed by atoms with Crippen LogP contribution in [-0.2, 0) is 0 Å². The lowest BCUT2D eigenvalue weighted by molar-refractivity contribution is 0.0959. The smallest absolute Gasteiger partial charge is 0.253 e. The van der Waals surface area contributed by atoms with E-state index in [1.807, 2.05) is 13.8 Å². The van der Waals surface area contributed by atoms with Gasteiger partial charge in [0.25, 0.3) is 5.91 Å². The van der Waals surface area contributed by atoms with Crippen molar-refractivity contribution in [3.63, 3.8) is 0 Å². The van der Waals surface area contributed by atoms with Crippen molar-refractivity contribution in [3.05, 3.63) is 29.6 Å². The Morgan fingerprint density at radius 3 is 2.53 bits per heavy atom. The lowest BCUT2D eigenvalue weighted by Crippen LogP contribution is -2.19. The van der Waals surface area contributed by atoms with Gasteiger partial charge in [-0.2, -0.15) is 0 Å². The van der Waals surface area contributed by atoms with Gasteiger partial charge < -0.3 is 10.6 Å². The van der Waals surface area contributed by atoms with Gasteiger partial charge in [0.05, 0.1) is 5.56 Å². The summed E-state index contributed by atoms with van der Waals surface area (Å²) >= 11 is 0. The number of rotatable bonds is 3. The highest BCUT2D eigenvalue weighted by molar-refractivity contribution is 5.94. The van der Waals surface area contributed by atoms with Crippen molar-refractivity contribution in [1.29, 1.82) is 0 Å². The number of amides is 1. The van der Waals surface area contributed by atoms with Gasteiger partial charge in [-0.1, -0.05) is 0 Å². The van der Waals surface area contributed by atoms with E-state index in [1.165, 1.54) is 19.2 Å². The number of carbonyl (C=O) groups excluding carboxylic acids is 1. The third-order valence-electron chi connectivity index (χ3n) is 1.90. The summed E-state index contributed by atoms with van der Waals surface area (Å²) in [7, 11) is 1.47. The quantitative estimate of drug-likeness (QED) is 0.801. The molecule has 1 aromatic rings. The third kappa shape index (κ3) is 2.94. The highest BCUT2D eigenvalue weighted by atomic mass is 19.1. The van der Waals surface area contributed by atoms with Gasteiger partial charge in [0.15, 0.2) is 0 Å². The number of hydrogen-bond acceptors (Lipinski definition) is 2. The van der Waals surface area contributed by atoms with E-state index in [-0.39, 0.29) is 11.6 Å². The summed E-state index contributed by atoms with van der Waals surface area (Å²) in [5.74, 6) is -0.927. The fourth-order valence-corrected chi connectivity index (χ4v) is 1.26. The van der Waals surface area contributed by atoms with Crippen LogP contribution in [0.25, 0.3) is 0 Å². The monoisotopic (exact) mass is 210 g/mol. The molecular weight excluding hydrogens is 195 g/mol. The molecule has 1 amide bonds. The number of nitrogens with one attached hydrogen (secondary N) is 2. The van der Waals surface area contributed by atoms with Gasteiger partial charge in [-0.25, -0.2) is 4.39 Å². The Hall–Kier alpha value is -1.58. The predicted molar refractivity (Wildman–Crippen MR) is 58.5 cm³/mol. The molecule has 0 radical (unpaired) electrons. The first-order valence-corrected chi connectivity index (χ1v) is 4.82. The molecule has 0 bridgehead atoms. The molecule has 0 heterocycles. The van der Waals surface area contributed by atoms with Crippen LogP contribution in [0.3, 0.4) is 0 Å². The topological polar surface area (TPSA) is 41.1 Å². The molecule has 2 N–H and O–H groups in total. The van der Waals surface area contributed by atoms with Crippen molar-refractivity contribution in [3.8, 4) is 0 Å². The maximum atomic E-state index is 13.4. The molecule has 1 rings (SSSR count). The molecule has 4 heteroatoms. The van der Waals surface area contributed by atoms with E-state index in [0.29, 0.717) is 5.69 Å². The van der Waals surface area contributed by atoms with E-state index < -0.39 is 11.7 Å². The normalized spacial score (nSPS) is 10.2. The van der Waals surface area contributed by atoms with Gasteiger partial charge >= 0.3 is 0 Å². The fraction of sp³-hybridized carbons (Fsp3) is 0.364. The Morgan fingerprint density at radius 2 is 2.07 bits per heavy atom. The summed E-state index contributed by atoms with van der Waals surface area (Å²) in [5.41, 5.74) is 0.738. The van der Waals surface area contributed by atoms with Crippen LogP contribution >= 0.6 is 0 Å². The molecule has 82 valence electrons. The highest BCUT2D eigenvalue weighted by Crippen LogP contribution is 2.15. The Morgan fingerprint density at radius 1 is 1.40 bits per heavy atom. The molecule has 0 spiro atoms. The molecule has 0 aliphatic carbocycles. The van der Waals surface area contributed by atoms with Crippen LogP contribution in [0.2, 0.25) is 0 Å². The SMILES string of the molecule is CNC(=O)c1ccc(NC(C)C)cc1F. The average Bonchev–Trinajstić information content (AvgIpc) is 2.16. The lowest BCUT2D eigenvalue weighted by Gasteiger charge is -2.10. The van der Waals surface area contributed by atoms with Gasteiger partial charge in [-0.3, -0.25) is 4.79 Å². The van der Waals surface area contributed by atoms with Gasteiger partial charge in [-0.15, -0.1) is 0 Å². The molecule has 15 heavy (non-hydrogen) atoms. The zero-order valence-corrected chi connectivity index (χ0v) is 9.10. The number of hydrogen-bond donors (Lipinski definition) is 2. The maximum absolute atomic E-state index is 13.4. The molecule has 0 aliphatic rings. The molecule has 0 unspecified atom stereocenters. The maximum Gasteiger partial charge on any atom is 0.253 e. The molecule has 0 aliphatic heterocycles. The number of benzene rings is 1. The standard InChI is InChI=1S/C11H15FN2O/c1-7(2)14-8-4-5-9(10(12)6-8)11(15)13-3/h4-7,14H,1-3H3,(H,13,15). The van der Waals surface area contributed by atoms with Crippen molar-refractivity contribution in [2.24, 2.45) is 0 Å². The molecule has 0 saturated carbocycles. The Bertz CT molecular complexity index is 364. The Balaban J connectivity index is 2.93. The Kier molecular flexibility index (Phi) is 3.66. The molecule has 0 aromatic heterocycles. The molecule has 3 nitrogen and oxygen atoms in total. The first-order valence-electron chi connectivity index (χ1n) is 4.82. The van der Waals surface area contributed by atoms with Crippen molar-refractivity contribution in [1.82, 2.24) is 5.32 Å². The first-order chi connectivity index (χ1) is 7.04. The molecule has 0 atom stereocenters. The summed E-state index contributed by atoms with van der Waals surface area (Å²) in [4.78, 5) is 11.2. The van der Waals surface area contributed by atoms with Crippen LogP contribution in [0.1, 0.15) is 24.2 Å². The number of carbonyl (C=O) groups is 1. The van der Waals surface area contributed by atoms with E-state index in [4.69, 9.17) is 0 Å². The third-order valence-corrected chi connectivity index (χ3v) is 1.90. The largest absolute Gasteiger partial charge is 0.383 e. The minimum atomic E-state index is -0.514. The Labute approximate surface area is 88.7 Å². The second-order valence-electron chi connectivity index (χ2n) is 3.57. The lowest BCUT2D eigenvalue weighted by atomic mass is 10.1. The minimum Gasteiger partial charge on any atom is -0.383 e. The van der Waals surface area contributed by atoms with Crippen LogP contribution in [0.5, 0.6) is 0 Å². The zero-order valence-electron chi connectivity index (χ0n) is 9.10. The van der Waals surface area contributed by atoms with Crippen molar-refractivity contribution in [2.75, 3.05) is 12.4 Å². The first kappa shape index (κ1) is 11.5. The van der Waals surface area contributed by atoms with E-state index in [2.05, 4.69) is 10.6 Å². The predicted octanol–water partition coefficient (Wildman–Crippen LogP) is 2.01. The summed E-state index contributed by atoms with van der Waals surface area (Å²) in [6.07, 6.45) is 0. The second-order valence-corrected chi connectivity index (χ2v) is 3.57. The number of anilines is 1. The molecule has 0 saturated heterocycles. The summed E-state index contributed by atoms with van der Waals surface area (Å²) in [5, 5.41) is 5.44. The fourth-order valence-electron chi connectivity index (χ4n) is 1.26. The molecule has 1 aromatic carbocycles. The summed E-state index contributed by atoms with van der Waals surface area (Å²) in [6.45, 7) is 3.93. The highest BCUT2D eigenvalue weighted by Gasteiger charge is 2.10. The van der Waals surface area contributed by atoms with Gasteiger partial charge in [0.2, 0.25) is 0 Å².